The van der Waals surface area contributed by atoms with Crippen LogP contribution in [0.1, 0.15) is 31.1 Å². The molecular formula is C21H15N3O6. The minimum absolute atomic E-state index is 0.0585. The summed E-state index contributed by atoms with van der Waals surface area (Å²) in [5.41, 5.74) is 6.02. The van der Waals surface area contributed by atoms with Gasteiger partial charge >= 0.3 is 5.97 Å². The largest absolute Gasteiger partial charge is 0.465 e. The second-order valence-electron chi connectivity index (χ2n) is 6.36. The summed E-state index contributed by atoms with van der Waals surface area (Å²) in [6.45, 7) is 0. The number of nitrogens with zero attached hydrogens (tertiary/aromatic N) is 1. The second kappa shape index (κ2) is 7.21. The van der Waals surface area contributed by atoms with Crippen LogP contribution in [-0.2, 0) is 4.74 Å². The number of ether oxygens (including phenoxy) is 2. The molecule has 0 spiro atoms. The molecule has 0 bridgehead atoms. The predicted molar refractivity (Wildman–Crippen MR) is 106 cm³/mol. The van der Waals surface area contributed by atoms with Crippen LogP contribution < -0.4 is 21.3 Å². The van der Waals surface area contributed by atoms with Gasteiger partial charge in [-0.25, -0.2) is 4.79 Å². The van der Waals surface area contributed by atoms with E-state index in [0.29, 0.717) is 11.3 Å². The third kappa shape index (κ3) is 3.08. The maximum atomic E-state index is 12.7. The van der Waals surface area contributed by atoms with E-state index in [9.17, 15) is 19.2 Å². The number of aromatic nitrogens is 1. The number of hydrogen-bond donors (Lipinski definition) is 2. The molecule has 9 heteroatoms. The maximum absolute atomic E-state index is 12.7. The van der Waals surface area contributed by atoms with Gasteiger partial charge in [-0.3, -0.25) is 24.3 Å². The molecule has 30 heavy (non-hydrogen) atoms. The van der Waals surface area contributed by atoms with Gasteiger partial charge in [-0.1, -0.05) is 12.1 Å². The highest BCUT2D eigenvalue weighted by molar-refractivity contribution is 6.23. The van der Waals surface area contributed by atoms with Gasteiger partial charge in [0.2, 0.25) is 0 Å². The standard InChI is InChI=1S/C21H15N3O6/c1-29-21(28)11-6-8-12(9-7-11)30-15-5-3-2-4-14(15)24-16(25)10-13-17(18(24)22)20(27)23-19(13)26/h2-10H,22H2,1H3,(H,23,26,27). The number of fused-ring (bicyclic) bond motifs is 1. The Morgan fingerprint density at radius 3 is 2.40 bits per heavy atom. The summed E-state index contributed by atoms with van der Waals surface area (Å²) < 4.78 is 11.6. The topological polar surface area (TPSA) is 130 Å². The molecule has 3 N–H and O–H groups in total. The van der Waals surface area contributed by atoms with Gasteiger partial charge in [0, 0.05) is 6.07 Å². The molecule has 0 saturated carbocycles. The fraction of sp³-hybridized carbons (Fsp3) is 0.0476. The second-order valence-corrected chi connectivity index (χ2v) is 6.36. The average molecular weight is 405 g/mol. The number of rotatable bonds is 4. The number of nitrogens with one attached hydrogen (secondary N) is 1. The van der Waals surface area contributed by atoms with Crippen LogP contribution in [0, 0.1) is 0 Å². The number of imide groups is 1. The van der Waals surface area contributed by atoms with Crippen molar-refractivity contribution in [1.29, 1.82) is 0 Å². The van der Waals surface area contributed by atoms with Crippen molar-refractivity contribution < 1.29 is 23.9 Å². The molecule has 1 aliphatic heterocycles. The van der Waals surface area contributed by atoms with Gasteiger partial charge in [-0.05, 0) is 36.4 Å². The van der Waals surface area contributed by atoms with Gasteiger partial charge in [0.25, 0.3) is 17.4 Å². The lowest BCUT2D eigenvalue weighted by molar-refractivity contribution is 0.0600. The smallest absolute Gasteiger partial charge is 0.337 e. The minimum Gasteiger partial charge on any atom is -0.465 e. The van der Waals surface area contributed by atoms with E-state index in [1.165, 1.54) is 19.2 Å². The van der Waals surface area contributed by atoms with Crippen LogP contribution in [0.15, 0.2) is 59.4 Å². The Balaban J connectivity index is 1.78. The molecule has 4 rings (SSSR count). The maximum Gasteiger partial charge on any atom is 0.337 e. The molecular weight excluding hydrogens is 390 g/mol. The van der Waals surface area contributed by atoms with Crippen LogP contribution in [-0.4, -0.2) is 29.5 Å². The summed E-state index contributed by atoms with van der Waals surface area (Å²) in [5, 5.41) is 2.12. The number of nitrogen functional groups attached to an aromatic ring is 1. The molecule has 1 aliphatic rings. The highest BCUT2D eigenvalue weighted by Crippen LogP contribution is 2.31. The number of para-hydroxylation sites is 2. The molecule has 2 amide bonds. The third-order valence-electron chi connectivity index (χ3n) is 4.56. The Labute approximate surface area is 169 Å². The molecule has 0 atom stereocenters. The number of amides is 2. The number of esters is 1. The molecule has 1 aromatic heterocycles. The van der Waals surface area contributed by atoms with Crippen molar-refractivity contribution in [2.24, 2.45) is 0 Å². The fourth-order valence-electron chi connectivity index (χ4n) is 3.16. The summed E-state index contributed by atoms with van der Waals surface area (Å²) >= 11 is 0. The van der Waals surface area contributed by atoms with Crippen molar-refractivity contribution in [1.82, 2.24) is 9.88 Å². The Morgan fingerprint density at radius 2 is 1.70 bits per heavy atom. The van der Waals surface area contributed by atoms with Gasteiger partial charge in [0.1, 0.15) is 11.6 Å². The first-order valence-corrected chi connectivity index (χ1v) is 8.77. The summed E-state index contributed by atoms with van der Waals surface area (Å²) in [7, 11) is 1.29. The van der Waals surface area contributed by atoms with E-state index < -0.39 is 23.3 Å². The zero-order chi connectivity index (χ0) is 21.4. The third-order valence-corrected chi connectivity index (χ3v) is 4.56. The number of anilines is 1. The van der Waals surface area contributed by atoms with E-state index in [0.717, 1.165) is 10.6 Å². The molecule has 2 heterocycles. The highest BCUT2D eigenvalue weighted by atomic mass is 16.5. The van der Waals surface area contributed by atoms with Crippen LogP contribution in [0.5, 0.6) is 11.5 Å². The summed E-state index contributed by atoms with van der Waals surface area (Å²) in [5.74, 6) is -1.30. The van der Waals surface area contributed by atoms with E-state index in [1.54, 1.807) is 36.4 Å². The van der Waals surface area contributed by atoms with Gasteiger partial charge in [0.05, 0.1) is 29.5 Å². The molecule has 3 aromatic rings. The van der Waals surface area contributed by atoms with E-state index >= 15 is 0 Å². The van der Waals surface area contributed by atoms with Crippen LogP contribution in [0.2, 0.25) is 0 Å². The number of carbonyl (C=O) groups excluding carboxylic acids is 3. The molecule has 9 nitrogen and oxygen atoms in total. The van der Waals surface area contributed by atoms with Crippen molar-refractivity contribution in [2.75, 3.05) is 12.8 Å². The highest BCUT2D eigenvalue weighted by Gasteiger charge is 2.32. The number of carbonyl (C=O) groups is 3. The first-order chi connectivity index (χ1) is 14.4. The van der Waals surface area contributed by atoms with E-state index in [4.69, 9.17) is 10.5 Å². The van der Waals surface area contributed by atoms with Crippen molar-refractivity contribution >= 4 is 23.6 Å². The molecule has 0 aliphatic carbocycles. The van der Waals surface area contributed by atoms with E-state index in [-0.39, 0.29) is 28.4 Å². The van der Waals surface area contributed by atoms with Crippen molar-refractivity contribution in [2.45, 2.75) is 0 Å². The monoisotopic (exact) mass is 405 g/mol. The number of nitrogens with two attached hydrogens (primary N) is 1. The van der Waals surface area contributed by atoms with Gasteiger partial charge in [-0.2, -0.15) is 0 Å². The Bertz CT molecular complexity index is 1260. The molecule has 0 fully saturated rings. The van der Waals surface area contributed by atoms with Crippen molar-refractivity contribution in [3.05, 3.63) is 81.6 Å². The lowest BCUT2D eigenvalue weighted by atomic mass is 10.1. The van der Waals surface area contributed by atoms with Gasteiger partial charge < -0.3 is 15.2 Å². The zero-order valence-corrected chi connectivity index (χ0v) is 15.7. The summed E-state index contributed by atoms with van der Waals surface area (Å²) in [6, 6.07) is 13.9. The van der Waals surface area contributed by atoms with Crippen molar-refractivity contribution in [3.63, 3.8) is 0 Å². The molecule has 0 saturated heterocycles. The summed E-state index contributed by atoms with van der Waals surface area (Å²) in [6.07, 6.45) is 0. The molecule has 150 valence electrons. The number of benzene rings is 2. The van der Waals surface area contributed by atoms with Gasteiger partial charge in [-0.15, -0.1) is 0 Å². The minimum atomic E-state index is -0.668. The number of methoxy groups -OCH3 is 1. The van der Waals surface area contributed by atoms with E-state index in [1.807, 2.05) is 0 Å². The summed E-state index contributed by atoms with van der Waals surface area (Å²) in [4.78, 5) is 48.2. The van der Waals surface area contributed by atoms with E-state index in [2.05, 4.69) is 10.1 Å². The number of hydrogen-bond acceptors (Lipinski definition) is 7. The molecule has 0 unspecified atom stereocenters. The molecule has 2 aromatic carbocycles. The Hall–Kier alpha value is -4.40. The quantitative estimate of drug-likeness (QED) is 0.501. The van der Waals surface area contributed by atoms with Gasteiger partial charge in [0.15, 0.2) is 5.75 Å². The Morgan fingerprint density at radius 1 is 1.00 bits per heavy atom. The normalized spacial score (nSPS) is 12.3. The van der Waals surface area contributed by atoms with Crippen molar-refractivity contribution in [3.8, 4) is 17.2 Å². The first-order valence-electron chi connectivity index (χ1n) is 8.77. The lowest BCUT2D eigenvalue weighted by Crippen LogP contribution is -2.24. The first kappa shape index (κ1) is 18.9. The van der Waals surface area contributed by atoms with Crippen LogP contribution in [0.3, 0.4) is 0 Å². The lowest BCUT2D eigenvalue weighted by Gasteiger charge is -2.16. The SMILES string of the molecule is COC(=O)c1ccc(Oc2ccccc2-n2c(N)c3c(cc2=O)C(=O)NC3=O)cc1. The fourth-order valence-corrected chi connectivity index (χ4v) is 3.16. The zero-order valence-electron chi connectivity index (χ0n) is 15.7. The van der Waals surface area contributed by atoms with Crippen LogP contribution in [0.4, 0.5) is 5.82 Å². The van der Waals surface area contributed by atoms with Crippen LogP contribution in [0.25, 0.3) is 5.69 Å². The van der Waals surface area contributed by atoms with Crippen LogP contribution >= 0.6 is 0 Å². The average Bonchev–Trinajstić information content (AvgIpc) is 3.02. The predicted octanol–water partition coefficient (Wildman–Crippen LogP) is 1.88. The number of pyridine rings is 1. The molecule has 0 radical (unpaired) electrons. The Kier molecular flexibility index (Phi) is 4.55.